The first-order chi connectivity index (χ1) is 16.0. The summed E-state index contributed by atoms with van der Waals surface area (Å²) in [6, 6.07) is 3.66. The number of hydrogen-bond donors (Lipinski definition) is 1. The molecule has 0 radical (unpaired) electrons. The van der Waals surface area contributed by atoms with Crippen LogP contribution in [0, 0.1) is 10.1 Å². The van der Waals surface area contributed by atoms with Crippen LogP contribution in [0.15, 0.2) is 18.2 Å². The highest BCUT2D eigenvalue weighted by molar-refractivity contribution is 6.55. The Morgan fingerprint density at radius 3 is 2.09 bits per heavy atom. The number of rotatable bonds is 7. The Hall–Kier alpha value is -3.12. The Morgan fingerprint density at radius 2 is 1.59 bits per heavy atom. The van der Waals surface area contributed by atoms with Crippen molar-refractivity contribution in [3.8, 4) is 5.75 Å². The van der Waals surface area contributed by atoms with Gasteiger partial charge in [0.25, 0.3) is 23.4 Å². The van der Waals surface area contributed by atoms with Gasteiger partial charge < -0.3 is 14.8 Å². The molecule has 1 N–H and O–H groups in total. The van der Waals surface area contributed by atoms with Crippen molar-refractivity contribution in [2.75, 3.05) is 25.6 Å². The third kappa shape index (κ3) is 4.73. The van der Waals surface area contributed by atoms with Gasteiger partial charge in [-0.2, -0.15) is 0 Å². The second kappa shape index (κ2) is 10.0. The molecule has 0 fully saturated rings. The molecule has 1 aliphatic heterocycles. The number of esters is 1. The normalized spacial score (nSPS) is 12.4. The fraction of sp³-hybridized carbons (Fsp3) is 0.158. The van der Waals surface area contributed by atoms with E-state index in [0.717, 1.165) is 6.07 Å². The summed E-state index contributed by atoms with van der Waals surface area (Å²) in [6.45, 7) is -1.74. The summed E-state index contributed by atoms with van der Waals surface area (Å²) >= 11 is 23.9. The van der Waals surface area contributed by atoms with Crippen molar-refractivity contribution < 1.29 is 33.6 Å². The third-order valence-corrected chi connectivity index (χ3v) is 6.31. The number of ether oxygens (including phenoxy) is 2. The van der Waals surface area contributed by atoms with Crippen molar-refractivity contribution in [1.29, 1.82) is 0 Å². The summed E-state index contributed by atoms with van der Waals surface area (Å²) in [5.41, 5.74) is -1.25. The zero-order valence-corrected chi connectivity index (χ0v) is 19.8. The summed E-state index contributed by atoms with van der Waals surface area (Å²) in [5, 5.41) is 12.3. The van der Waals surface area contributed by atoms with E-state index in [2.05, 4.69) is 5.32 Å². The van der Waals surface area contributed by atoms with E-state index in [9.17, 15) is 29.3 Å². The Bertz CT molecular complexity index is 1220. The van der Waals surface area contributed by atoms with Gasteiger partial charge in [0, 0.05) is 12.1 Å². The number of carbonyl (C=O) groups excluding carboxylic acids is 4. The first-order valence-electron chi connectivity index (χ1n) is 8.97. The molecule has 34 heavy (non-hydrogen) atoms. The van der Waals surface area contributed by atoms with Crippen LogP contribution in [-0.4, -0.2) is 53.8 Å². The van der Waals surface area contributed by atoms with E-state index in [-0.39, 0.29) is 42.7 Å². The maximum absolute atomic E-state index is 12.6. The Balaban J connectivity index is 1.67. The minimum absolute atomic E-state index is 0.191. The number of nitrogens with one attached hydrogen (secondary N) is 1. The van der Waals surface area contributed by atoms with Crippen LogP contribution in [0.3, 0.4) is 0 Å². The van der Waals surface area contributed by atoms with E-state index in [1.165, 1.54) is 19.2 Å². The second-order valence-corrected chi connectivity index (χ2v) is 8.06. The number of anilines is 1. The van der Waals surface area contributed by atoms with E-state index in [1.54, 1.807) is 0 Å². The van der Waals surface area contributed by atoms with Crippen molar-refractivity contribution in [2.45, 2.75) is 0 Å². The van der Waals surface area contributed by atoms with E-state index in [4.69, 9.17) is 55.9 Å². The molecule has 0 saturated heterocycles. The van der Waals surface area contributed by atoms with Crippen molar-refractivity contribution in [3.05, 3.63) is 59.5 Å². The zero-order chi connectivity index (χ0) is 25.3. The third-order valence-electron chi connectivity index (χ3n) is 4.51. The number of nitro groups is 1. The lowest BCUT2D eigenvalue weighted by atomic mass is 10.1. The lowest BCUT2D eigenvalue weighted by molar-refractivity contribution is -0.383. The first-order valence-corrected chi connectivity index (χ1v) is 10.5. The van der Waals surface area contributed by atoms with Gasteiger partial charge in [0.15, 0.2) is 6.61 Å². The van der Waals surface area contributed by atoms with Gasteiger partial charge in [0.2, 0.25) is 0 Å². The molecule has 0 aliphatic carbocycles. The number of halogens is 4. The molecular formula is C19H11Cl4N3O8. The van der Waals surface area contributed by atoms with Crippen LogP contribution in [0.4, 0.5) is 11.4 Å². The number of methoxy groups -OCH3 is 1. The van der Waals surface area contributed by atoms with Crippen molar-refractivity contribution in [3.63, 3.8) is 0 Å². The van der Waals surface area contributed by atoms with Crippen LogP contribution in [0.1, 0.15) is 20.7 Å². The van der Waals surface area contributed by atoms with Gasteiger partial charge in [-0.25, -0.2) is 0 Å². The molecule has 0 bridgehead atoms. The SMILES string of the molecule is COc1ccc([N+](=O)[O-])c(NC(=O)COC(=O)CN2C(=O)c3c(Cl)c(Cl)c(Cl)c(Cl)c3C2=O)c1. The Morgan fingerprint density at radius 1 is 1.03 bits per heavy atom. The highest BCUT2D eigenvalue weighted by atomic mass is 35.5. The number of amides is 3. The molecule has 178 valence electrons. The predicted molar refractivity (Wildman–Crippen MR) is 121 cm³/mol. The molecule has 3 rings (SSSR count). The van der Waals surface area contributed by atoms with E-state index in [0.29, 0.717) is 4.90 Å². The van der Waals surface area contributed by atoms with E-state index < -0.39 is 47.5 Å². The Labute approximate surface area is 210 Å². The highest BCUT2D eigenvalue weighted by Gasteiger charge is 2.42. The van der Waals surface area contributed by atoms with Crippen molar-refractivity contribution in [2.24, 2.45) is 0 Å². The smallest absolute Gasteiger partial charge is 0.326 e. The van der Waals surface area contributed by atoms with Crippen LogP contribution < -0.4 is 10.1 Å². The van der Waals surface area contributed by atoms with E-state index in [1.807, 2.05) is 0 Å². The summed E-state index contributed by atoms with van der Waals surface area (Å²) in [4.78, 5) is 60.5. The maximum Gasteiger partial charge on any atom is 0.326 e. The van der Waals surface area contributed by atoms with Crippen LogP contribution in [0.5, 0.6) is 5.75 Å². The fourth-order valence-corrected chi connectivity index (χ4v) is 3.96. The van der Waals surface area contributed by atoms with Gasteiger partial charge in [-0.05, 0) is 6.07 Å². The van der Waals surface area contributed by atoms with Gasteiger partial charge in [-0.1, -0.05) is 46.4 Å². The van der Waals surface area contributed by atoms with Crippen LogP contribution in [0.2, 0.25) is 20.1 Å². The molecule has 15 heteroatoms. The van der Waals surface area contributed by atoms with Crippen LogP contribution in [0.25, 0.3) is 0 Å². The molecule has 1 aliphatic rings. The van der Waals surface area contributed by atoms with Gasteiger partial charge in [-0.15, -0.1) is 0 Å². The molecule has 0 aromatic heterocycles. The zero-order valence-electron chi connectivity index (χ0n) is 16.8. The van der Waals surface area contributed by atoms with Crippen LogP contribution in [-0.2, 0) is 14.3 Å². The number of imide groups is 1. The topological polar surface area (TPSA) is 145 Å². The fourth-order valence-electron chi connectivity index (χ4n) is 2.95. The molecule has 2 aromatic carbocycles. The number of nitrogens with zero attached hydrogens (tertiary/aromatic N) is 2. The summed E-state index contributed by atoms with van der Waals surface area (Å²) in [5.74, 6) is -3.73. The molecule has 3 amide bonds. The average Bonchev–Trinajstić information content (AvgIpc) is 3.04. The number of benzene rings is 2. The Kier molecular flexibility index (Phi) is 7.51. The molecule has 0 atom stereocenters. The minimum atomic E-state index is -1.13. The first kappa shape index (κ1) is 25.5. The predicted octanol–water partition coefficient (Wildman–Crippen LogP) is 3.99. The highest BCUT2D eigenvalue weighted by Crippen LogP contribution is 2.44. The molecule has 0 unspecified atom stereocenters. The van der Waals surface area contributed by atoms with Crippen LogP contribution >= 0.6 is 46.4 Å². The number of hydrogen-bond acceptors (Lipinski definition) is 8. The molecule has 1 heterocycles. The summed E-state index contributed by atoms with van der Waals surface area (Å²) < 4.78 is 9.74. The van der Waals surface area contributed by atoms with Gasteiger partial charge in [0.1, 0.15) is 18.0 Å². The molecule has 11 nitrogen and oxygen atoms in total. The molecule has 0 spiro atoms. The average molecular weight is 551 g/mol. The second-order valence-electron chi connectivity index (χ2n) is 6.55. The van der Waals surface area contributed by atoms with Crippen molar-refractivity contribution in [1.82, 2.24) is 4.90 Å². The van der Waals surface area contributed by atoms with E-state index >= 15 is 0 Å². The summed E-state index contributed by atoms with van der Waals surface area (Å²) in [7, 11) is 1.33. The number of fused-ring (bicyclic) bond motifs is 1. The summed E-state index contributed by atoms with van der Waals surface area (Å²) in [6.07, 6.45) is 0. The van der Waals surface area contributed by atoms with Gasteiger partial charge in [0.05, 0.1) is 43.3 Å². The molecule has 0 saturated carbocycles. The molecule has 2 aromatic rings. The maximum atomic E-state index is 12.6. The minimum Gasteiger partial charge on any atom is -0.497 e. The quantitative estimate of drug-likeness (QED) is 0.136. The lowest BCUT2D eigenvalue weighted by Crippen LogP contribution is -2.36. The number of nitro benzene ring substituents is 1. The lowest BCUT2D eigenvalue weighted by Gasteiger charge is -2.13. The standard InChI is InChI=1S/C19H11Cl4N3O8/c1-33-7-2-3-9(26(31)32)8(4-7)24-10(27)6-34-11(28)5-25-18(29)12-13(19(25)30)15(21)17(23)16(22)14(12)20/h2-4H,5-6H2,1H3,(H,24,27). The van der Waals surface area contributed by atoms with Gasteiger partial charge >= 0.3 is 5.97 Å². The number of carbonyl (C=O) groups is 4. The largest absolute Gasteiger partial charge is 0.497 e. The monoisotopic (exact) mass is 549 g/mol. The van der Waals surface area contributed by atoms with Crippen molar-refractivity contribution >= 4 is 81.5 Å². The van der Waals surface area contributed by atoms with Gasteiger partial charge in [-0.3, -0.25) is 34.2 Å². The molecular weight excluding hydrogens is 540 g/mol.